The lowest BCUT2D eigenvalue weighted by molar-refractivity contribution is -0.114. The highest BCUT2D eigenvalue weighted by molar-refractivity contribution is 8.00. The average molecular weight is 429 g/mol. The van der Waals surface area contributed by atoms with E-state index in [0.29, 0.717) is 28.0 Å². The summed E-state index contributed by atoms with van der Waals surface area (Å²) in [5.74, 6) is -0.0713. The molecule has 0 saturated carbocycles. The summed E-state index contributed by atoms with van der Waals surface area (Å²) < 4.78 is 17.7. The number of fused-ring (bicyclic) bond motifs is 1. The molecule has 1 aromatic carbocycles. The van der Waals surface area contributed by atoms with Crippen molar-refractivity contribution in [2.45, 2.75) is 11.8 Å². The van der Waals surface area contributed by atoms with E-state index in [4.69, 9.17) is 11.6 Å². The molecule has 0 bridgehead atoms. The van der Waals surface area contributed by atoms with Crippen LogP contribution in [0.4, 0.5) is 15.9 Å². The number of hydrogen-bond acceptors (Lipinski definition) is 6. The Morgan fingerprint density at radius 2 is 2.00 bits per heavy atom. The van der Waals surface area contributed by atoms with Crippen molar-refractivity contribution < 1.29 is 9.18 Å². The molecular weight excluding hydrogens is 415 g/mol. The van der Waals surface area contributed by atoms with Gasteiger partial charge in [-0.05, 0) is 54.4 Å². The van der Waals surface area contributed by atoms with E-state index in [-0.39, 0.29) is 11.7 Å². The third kappa shape index (κ3) is 4.47. The van der Waals surface area contributed by atoms with Gasteiger partial charge in [0.05, 0.1) is 17.6 Å². The number of amides is 1. The predicted octanol–water partition coefficient (Wildman–Crippen LogP) is 4.66. The van der Waals surface area contributed by atoms with Gasteiger partial charge < -0.3 is 10.0 Å². The van der Waals surface area contributed by atoms with Gasteiger partial charge in [-0.25, -0.2) is 18.9 Å². The number of nitrogens with one attached hydrogen (secondary N) is 2. The molecule has 4 aromatic rings. The monoisotopic (exact) mass is 428 g/mol. The summed E-state index contributed by atoms with van der Waals surface area (Å²) in [4.78, 5) is 20.5. The van der Waals surface area contributed by atoms with Crippen molar-refractivity contribution in [1.29, 1.82) is 0 Å². The standard InChI is InChI=1S/C19H14ClFN6OS/c1-11(28)23-17-10-27-18(24-17)7-6-15(25-27)12-8-16(19(20)22-9-12)26-29-14-4-2-13(21)3-5-14/h2-10,26H,1H3,(H,23,28). The maximum absolute atomic E-state index is 13.0. The smallest absolute Gasteiger partial charge is 0.222 e. The van der Waals surface area contributed by atoms with Gasteiger partial charge in [0.2, 0.25) is 5.91 Å². The number of hydrogen-bond donors (Lipinski definition) is 2. The Labute approximate surface area is 174 Å². The number of carbonyl (C=O) groups excluding carboxylic acids is 1. The number of anilines is 2. The van der Waals surface area contributed by atoms with Gasteiger partial charge in [0.15, 0.2) is 16.6 Å². The largest absolute Gasteiger partial charge is 0.323 e. The summed E-state index contributed by atoms with van der Waals surface area (Å²) in [6.45, 7) is 1.42. The number of nitrogens with zero attached hydrogens (tertiary/aromatic N) is 4. The summed E-state index contributed by atoms with van der Waals surface area (Å²) in [6.07, 6.45) is 3.25. The number of aromatic nitrogens is 4. The van der Waals surface area contributed by atoms with E-state index in [1.165, 1.54) is 31.0 Å². The van der Waals surface area contributed by atoms with Crippen molar-refractivity contribution in [3.05, 3.63) is 65.8 Å². The molecule has 29 heavy (non-hydrogen) atoms. The molecule has 1 amide bonds. The van der Waals surface area contributed by atoms with Crippen LogP contribution in [0.5, 0.6) is 0 Å². The predicted molar refractivity (Wildman–Crippen MR) is 111 cm³/mol. The molecule has 3 heterocycles. The number of pyridine rings is 1. The number of carbonyl (C=O) groups is 1. The third-order valence-corrected chi connectivity index (χ3v) is 4.98. The lowest BCUT2D eigenvalue weighted by atomic mass is 10.2. The van der Waals surface area contributed by atoms with E-state index in [0.717, 1.165) is 10.5 Å². The first-order valence-corrected chi connectivity index (χ1v) is 9.66. The van der Waals surface area contributed by atoms with E-state index in [1.807, 2.05) is 12.1 Å². The fourth-order valence-corrected chi connectivity index (χ4v) is 3.42. The van der Waals surface area contributed by atoms with Crippen LogP contribution in [0.25, 0.3) is 16.9 Å². The molecule has 146 valence electrons. The van der Waals surface area contributed by atoms with Crippen LogP contribution in [0.2, 0.25) is 5.15 Å². The Morgan fingerprint density at radius 1 is 1.21 bits per heavy atom. The van der Waals surface area contributed by atoms with Crippen molar-refractivity contribution >= 4 is 46.6 Å². The van der Waals surface area contributed by atoms with E-state index in [9.17, 15) is 9.18 Å². The van der Waals surface area contributed by atoms with Gasteiger partial charge in [0.25, 0.3) is 0 Å². The first kappa shape index (κ1) is 19.2. The number of halogens is 2. The molecule has 10 heteroatoms. The van der Waals surface area contributed by atoms with Crippen LogP contribution in [-0.2, 0) is 4.79 Å². The van der Waals surface area contributed by atoms with Gasteiger partial charge in [-0.2, -0.15) is 5.10 Å². The Bertz CT molecular complexity index is 1200. The van der Waals surface area contributed by atoms with Crippen LogP contribution in [0.15, 0.2) is 59.8 Å². The van der Waals surface area contributed by atoms with Crippen molar-refractivity contribution in [3.63, 3.8) is 0 Å². The zero-order valence-corrected chi connectivity index (χ0v) is 16.6. The van der Waals surface area contributed by atoms with E-state index >= 15 is 0 Å². The molecule has 4 rings (SSSR count). The van der Waals surface area contributed by atoms with Crippen molar-refractivity contribution in [1.82, 2.24) is 19.6 Å². The Morgan fingerprint density at radius 3 is 2.76 bits per heavy atom. The molecule has 0 aliphatic carbocycles. The normalized spacial score (nSPS) is 10.9. The average Bonchev–Trinajstić information content (AvgIpc) is 3.09. The minimum absolute atomic E-state index is 0.204. The summed E-state index contributed by atoms with van der Waals surface area (Å²) in [5.41, 5.74) is 2.60. The topological polar surface area (TPSA) is 84.2 Å². The fourth-order valence-electron chi connectivity index (χ4n) is 2.55. The highest BCUT2D eigenvalue weighted by Gasteiger charge is 2.10. The lowest BCUT2D eigenvalue weighted by Gasteiger charge is -2.09. The van der Waals surface area contributed by atoms with E-state index in [1.54, 1.807) is 35.1 Å². The molecular formula is C19H14ClFN6OS. The number of benzene rings is 1. The minimum atomic E-state index is -0.293. The second kappa shape index (κ2) is 8.06. The summed E-state index contributed by atoms with van der Waals surface area (Å²) in [6, 6.07) is 11.5. The molecule has 0 aliphatic heterocycles. The van der Waals surface area contributed by atoms with Gasteiger partial charge in [-0.15, -0.1) is 0 Å². The first-order valence-electron chi connectivity index (χ1n) is 8.46. The van der Waals surface area contributed by atoms with Crippen LogP contribution in [0, 0.1) is 5.82 Å². The van der Waals surface area contributed by atoms with Crippen molar-refractivity contribution in [2.24, 2.45) is 0 Å². The molecule has 7 nitrogen and oxygen atoms in total. The summed E-state index contributed by atoms with van der Waals surface area (Å²) in [7, 11) is 0. The Balaban J connectivity index is 1.58. The highest BCUT2D eigenvalue weighted by Crippen LogP contribution is 2.30. The maximum Gasteiger partial charge on any atom is 0.222 e. The van der Waals surface area contributed by atoms with Crippen LogP contribution in [0.3, 0.4) is 0 Å². The van der Waals surface area contributed by atoms with Crippen molar-refractivity contribution in [2.75, 3.05) is 10.0 Å². The Kier molecular flexibility index (Phi) is 5.32. The zero-order chi connectivity index (χ0) is 20.4. The summed E-state index contributed by atoms with van der Waals surface area (Å²) >= 11 is 7.49. The van der Waals surface area contributed by atoms with Crippen molar-refractivity contribution in [3.8, 4) is 11.3 Å². The highest BCUT2D eigenvalue weighted by atomic mass is 35.5. The van der Waals surface area contributed by atoms with Gasteiger partial charge in [0, 0.05) is 23.6 Å². The second-order valence-electron chi connectivity index (χ2n) is 6.05. The van der Waals surface area contributed by atoms with Gasteiger partial charge in [-0.1, -0.05) is 11.6 Å². The van der Waals surface area contributed by atoms with Crippen LogP contribution in [-0.4, -0.2) is 25.5 Å². The first-order chi connectivity index (χ1) is 14.0. The van der Waals surface area contributed by atoms with Crippen LogP contribution >= 0.6 is 23.5 Å². The number of imidazole rings is 1. The molecule has 3 aromatic heterocycles. The van der Waals surface area contributed by atoms with Crippen LogP contribution in [0.1, 0.15) is 6.92 Å². The quantitative estimate of drug-likeness (QED) is 0.355. The molecule has 0 saturated heterocycles. The molecule has 0 fully saturated rings. The van der Waals surface area contributed by atoms with E-state index in [2.05, 4.69) is 25.1 Å². The molecule has 0 unspecified atom stereocenters. The van der Waals surface area contributed by atoms with Crippen LogP contribution < -0.4 is 10.0 Å². The molecule has 0 atom stereocenters. The molecule has 2 N–H and O–H groups in total. The summed E-state index contributed by atoms with van der Waals surface area (Å²) in [5, 5.41) is 7.45. The Hall–Kier alpha value is -3.17. The van der Waals surface area contributed by atoms with E-state index < -0.39 is 0 Å². The second-order valence-corrected chi connectivity index (χ2v) is 7.29. The fraction of sp³-hybridized carbons (Fsp3) is 0.0526. The molecule has 0 spiro atoms. The lowest BCUT2D eigenvalue weighted by Crippen LogP contribution is -2.05. The molecule has 0 aliphatic rings. The van der Waals surface area contributed by atoms with Gasteiger partial charge in [0.1, 0.15) is 5.82 Å². The SMILES string of the molecule is CC(=O)Nc1cn2nc(-c3cnc(Cl)c(NSc4ccc(F)cc4)c3)ccc2n1. The maximum atomic E-state index is 13.0. The number of rotatable bonds is 5. The third-order valence-electron chi connectivity index (χ3n) is 3.85. The zero-order valence-electron chi connectivity index (χ0n) is 15.1. The minimum Gasteiger partial charge on any atom is -0.323 e. The van der Waals surface area contributed by atoms with Gasteiger partial charge >= 0.3 is 0 Å². The van der Waals surface area contributed by atoms with Gasteiger partial charge in [-0.3, -0.25) is 4.79 Å². The molecule has 0 radical (unpaired) electrons.